The molecule has 2 aromatic heterocycles. The van der Waals surface area contributed by atoms with Crippen molar-refractivity contribution in [2.75, 3.05) is 5.32 Å². The lowest BCUT2D eigenvalue weighted by molar-refractivity contribution is -0.118. The molecule has 1 aliphatic carbocycles. The summed E-state index contributed by atoms with van der Waals surface area (Å²) < 4.78 is 13.7. The van der Waals surface area contributed by atoms with Gasteiger partial charge in [0, 0.05) is 25.7 Å². The van der Waals surface area contributed by atoms with Gasteiger partial charge in [-0.3, -0.25) is 9.59 Å². The maximum absolute atomic E-state index is 13.7. The number of amides is 1. The topological polar surface area (TPSA) is 97.7 Å². The van der Waals surface area contributed by atoms with Gasteiger partial charge in [0.1, 0.15) is 26.6 Å². The number of carbonyl (C=O) groups is 2. The van der Waals surface area contributed by atoms with Crippen molar-refractivity contribution in [1.82, 2.24) is 20.4 Å². The minimum atomic E-state index is -0.357. The van der Waals surface area contributed by atoms with Gasteiger partial charge in [0.05, 0.1) is 6.42 Å². The van der Waals surface area contributed by atoms with E-state index in [-0.39, 0.29) is 30.3 Å². The smallest absolute Gasteiger partial charge is 0.223 e. The standard InChI is InChI=1S/C21H22FN5O2S2/c1-12(28)23-21-27-26-20(31-21)15-7-6-13(8-15)9-18-24-25-19(30-18)11-16(29)10-14-4-2-3-5-17(14)22/h2-5,13,15H,6-11H2,1H3,(H,23,27,28)/t13-,15+/m0/s1. The highest BCUT2D eigenvalue weighted by molar-refractivity contribution is 7.15. The number of ketones is 1. The largest absolute Gasteiger partial charge is 0.301 e. The van der Waals surface area contributed by atoms with Gasteiger partial charge in [-0.05, 0) is 36.8 Å². The van der Waals surface area contributed by atoms with Crippen molar-refractivity contribution in [3.05, 3.63) is 50.7 Å². The van der Waals surface area contributed by atoms with Crippen LogP contribution in [-0.4, -0.2) is 32.1 Å². The van der Waals surface area contributed by atoms with Crippen LogP contribution < -0.4 is 5.32 Å². The third-order valence-corrected chi connectivity index (χ3v) is 7.23. The monoisotopic (exact) mass is 459 g/mol. The van der Waals surface area contributed by atoms with E-state index in [0.717, 1.165) is 35.7 Å². The highest BCUT2D eigenvalue weighted by atomic mass is 32.1. The van der Waals surface area contributed by atoms with Gasteiger partial charge in [0.2, 0.25) is 11.0 Å². The highest BCUT2D eigenvalue weighted by Crippen LogP contribution is 2.41. The molecule has 162 valence electrons. The zero-order chi connectivity index (χ0) is 21.8. The molecule has 1 saturated carbocycles. The SMILES string of the molecule is CC(=O)Nc1nnc([C@@H]2CC[C@H](Cc3nnc(CC(=O)Cc4ccccc4F)s3)C2)s1. The average Bonchev–Trinajstić information content (AvgIpc) is 3.45. The molecule has 0 aliphatic heterocycles. The number of Topliss-reactive ketones (excluding diaryl/α,β-unsaturated/α-hetero) is 1. The molecule has 1 aromatic carbocycles. The van der Waals surface area contributed by atoms with Gasteiger partial charge in [-0.25, -0.2) is 4.39 Å². The third-order valence-electron chi connectivity index (χ3n) is 5.28. The first kappa shape index (κ1) is 21.6. The van der Waals surface area contributed by atoms with Crippen LogP contribution in [0.25, 0.3) is 0 Å². The van der Waals surface area contributed by atoms with Crippen LogP contribution >= 0.6 is 22.7 Å². The second-order valence-electron chi connectivity index (χ2n) is 7.78. The highest BCUT2D eigenvalue weighted by Gasteiger charge is 2.29. The zero-order valence-electron chi connectivity index (χ0n) is 17.0. The van der Waals surface area contributed by atoms with Crippen LogP contribution in [-0.2, 0) is 28.9 Å². The van der Waals surface area contributed by atoms with Crippen LogP contribution in [0.15, 0.2) is 24.3 Å². The summed E-state index contributed by atoms with van der Waals surface area (Å²) in [5.74, 6) is 0.253. The van der Waals surface area contributed by atoms with E-state index in [1.165, 1.54) is 35.7 Å². The molecule has 0 radical (unpaired) electrons. The minimum Gasteiger partial charge on any atom is -0.301 e. The lowest BCUT2D eigenvalue weighted by Crippen LogP contribution is -2.07. The first-order valence-corrected chi connectivity index (χ1v) is 11.8. The predicted molar refractivity (Wildman–Crippen MR) is 117 cm³/mol. The van der Waals surface area contributed by atoms with Gasteiger partial charge in [-0.15, -0.1) is 31.7 Å². The van der Waals surface area contributed by atoms with E-state index in [1.54, 1.807) is 18.2 Å². The fourth-order valence-corrected chi connectivity index (χ4v) is 5.78. The molecule has 3 aromatic rings. The fraction of sp³-hybridized carbons (Fsp3) is 0.429. The summed E-state index contributed by atoms with van der Waals surface area (Å²) in [5.41, 5.74) is 0.410. The second-order valence-corrected chi connectivity index (χ2v) is 9.94. The maximum atomic E-state index is 13.7. The van der Waals surface area contributed by atoms with Gasteiger partial charge >= 0.3 is 0 Å². The van der Waals surface area contributed by atoms with Crippen LogP contribution in [0.2, 0.25) is 0 Å². The van der Waals surface area contributed by atoms with Gasteiger partial charge in [0.15, 0.2) is 0 Å². The summed E-state index contributed by atoms with van der Waals surface area (Å²) in [4.78, 5) is 23.4. The van der Waals surface area contributed by atoms with E-state index in [4.69, 9.17) is 0 Å². The number of nitrogens with one attached hydrogen (secondary N) is 1. The first-order chi connectivity index (χ1) is 15.0. The Morgan fingerprint density at radius 1 is 1.06 bits per heavy atom. The summed E-state index contributed by atoms with van der Waals surface area (Å²) >= 11 is 2.90. The molecule has 0 saturated heterocycles. The Kier molecular flexibility index (Phi) is 6.77. The molecule has 31 heavy (non-hydrogen) atoms. The Morgan fingerprint density at radius 3 is 2.68 bits per heavy atom. The maximum Gasteiger partial charge on any atom is 0.223 e. The summed E-state index contributed by atoms with van der Waals surface area (Å²) in [6.07, 6.45) is 4.17. The van der Waals surface area contributed by atoms with Crippen molar-refractivity contribution in [1.29, 1.82) is 0 Å². The van der Waals surface area contributed by atoms with Crippen LogP contribution in [0, 0.1) is 11.7 Å². The zero-order valence-corrected chi connectivity index (χ0v) is 18.6. The van der Waals surface area contributed by atoms with Crippen LogP contribution in [0.1, 0.15) is 52.7 Å². The Balaban J connectivity index is 1.28. The molecule has 0 bridgehead atoms. The number of aromatic nitrogens is 4. The Bertz CT molecular complexity index is 1080. The van der Waals surface area contributed by atoms with Gasteiger partial charge < -0.3 is 5.32 Å². The quantitative estimate of drug-likeness (QED) is 0.547. The summed E-state index contributed by atoms with van der Waals surface area (Å²) in [5, 5.41) is 22.5. The van der Waals surface area contributed by atoms with Crippen LogP contribution in [0.4, 0.5) is 9.52 Å². The molecule has 1 amide bonds. The van der Waals surface area contributed by atoms with Crippen molar-refractivity contribution >= 4 is 39.5 Å². The van der Waals surface area contributed by atoms with E-state index in [0.29, 0.717) is 27.5 Å². The molecule has 0 spiro atoms. The molecule has 0 unspecified atom stereocenters. The van der Waals surface area contributed by atoms with Gasteiger partial charge in [-0.2, -0.15) is 0 Å². The van der Waals surface area contributed by atoms with Gasteiger partial charge in [0.25, 0.3) is 0 Å². The number of hydrogen-bond acceptors (Lipinski definition) is 8. The molecule has 1 fully saturated rings. The number of halogens is 1. The number of anilines is 1. The number of nitrogens with zero attached hydrogens (tertiary/aromatic N) is 4. The summed E-state index contributed by atoms with van der Waals surface area (Å²) in [6.45, 7) is 1.45. The molecule has 10 heteroatoms. The number of benzene rings is 1. The van der Waals surface area contributed by atoms with Crippen LogP contribution in [0.3, 0.4) is 0 Å². The Hall–Kier alpha value is -2.59. The molecule has 2 heterocycles. The molecular formula is C21H22FN5O2S2. The minimum absolute atomic E-state index is 0.0637. The Morgan fingerprint density at radius 2 is 1.87 bits per heavy atom. The second kappa shape index (κ2) is 9.69. The third kappa shape index (κ3) is 5.76. The van der Waals surface area contributed by atoms with E-state index >= 15 is 0 Å². The first-order valence-electron chi connectivity index (χ1n) is 10.1. The van der Waals surface area contributed by atoms with E-state index < -0.39 is 0 Å². The molecular weight excluding hydrogens is 437 g/mol. The Labute approximate surface area is 187 Å². The lowest BCUT2D eigenvalue weighted by atomic mass is 10.0. The van der Waals surface area contributed by atoms with Crippen molar-refractivity contribution < 1.29 is 14.0 Å². The summed E-state index contributed by atoms with van der Waals surface area (Å²) in [7, 11) is 0. The van der Waals surface area contributed by atoms with E-state index in [1.807, 2.05) is 0 Å². The predicted octanol–water partition coefficient (Wildman–Crippen LogP) is 3.97. The normalized spacial score (nSPS) is 18.3. The number of carbonyl (C=O) groups excluding carboxylic acids is 2. The van der Waals surface area contributed by atoms with Crippen molar-refractivity contribution in [2.24, 2.45) is 5.92 Å². The molecule has 4 rings (SSSR count). The molecule has 2 atom stereocenters. The van der Waals surface area contributed by atoms with Crippen molar-refractivity contribution in [3.63, 3.8) is 0 Å². The fourth-order valence-electron chi connectivity index (χ4n) is 3.86. The summed E-state index contributed by atoms with van der Waals surface area (Å²) in [6, 6.07) is 6.34. The number of rotatable bonds is 8. The van der Waals surface area contributed by atoms with Crippen molar-refractivity contribution in [2.45, 2.75) is 51.4 Å². The molecule has 1 aliphatic rings. The van der Waals surface area contributed by atoms with Gasteiger partial charge in [-0.1, -0.05) is 29.5 Å². The van der Waals surface area contributed by atoms with Crippen molar-refractivity contribution in [3.8, 4) is 0 Å². The van der Waals surface area contributed by atoms with Crippen LogP contribution in [0.5, 0.6) is 0 Å². The lowest BCUT2D eigenvalue weighted by Gasteiger charge is -2.06. The molecule has 1 N–H and O–H groups in total. The molecule has 7 nitrogen and oxygen atoms in total. The van der Waals surface area contributed by atoms with E-state index in [9.17, 15) is 14.0 Å². The van der Waals surface area contributed by atoms with E-state index in [2.05, 4.69) is 25.7 Å². The average molecular weight is 460 g/mol. The number of hydrogen-bond donors (Lipinski definition) is 1.